The van der Waals surface area contributed by atoms with Gasteiger partial charge in [0.2, 0.25) is 0 Å². The van der Waals surface area contributed by atoms with Crippen LogP contribution >= 0.6 is 0 Å². The van der Waals surface area contributed by atoms with E-state index in [2.05, 4.69) is 4.98 Å². The van der Waals surface area contributed by atoms with Crippen LogP contribution in [0.4, 0.5) is 5.82 Å². The summed E-state index contributed by atoms with van der Waals surface area (Å²) in [6.07, 6.45) is 3.08. The first kappa shape index (κ1) is 8.09. The van der Waals surface area contributed by atoms with Crippen LogP contribution in [0.5, 0.6) is 0 Å². The lowest BCUT2D eigenvalue weighted by atomic mass is 10.1. The third-order valence-corrected chi connectivity index (χ3v) is 1.94. The Morgan fingerprint density at radius 2 is 2.14 bits per heavy atom. The van der Waals surface area contributed by atoms with E-state index in [9.17, 15) is 0 Å². The molecule has 2 N–H and O–H groups in total. The van der Waals surface area contributed by atoms with Crippen molar-refractivity contribution in [1.29, 1.82) is 10.5 Å². The number of nitriles is 2. The summed E-state index contributed by atoms with van der Waals surface area (Å²) in [6.45, 7) is 0. The van der Waals surface area contributed by atoms with E-state index in [1.807, 2.05) is 12.1 Å². The molecule has 5 nitrogen and oxygen atoms in total. The zero-order valence-electron chi connectivity index (χ0n) is 7.10. The van der Waals surface area contributed by atoms with E-state index in [0.717, 1.165) is 0 Å². The van der Waals surface area contributed by atoms with Crippen molar-refractivity contribution in [3.05, 3.63) is 29.6 Å². The predicted octanol–water partition coefficient (Wildman–Crippen LogP) is 0.660. The molecule has 0 spiro atoms. The van der Waals surface area contributed by atoms with Crippen molar-refractivity contribution in [2.75, 3.05) is 5.73 Å². The summed E-state index contributed by atoms with van der Waals surface area (Å²) < 4.78 is 1.57. The van der Waals surface area contributed by atoms with E-state index in [1.165, 1.54) is 6.20 Å². The summed E-state index contributed by atoms with van der Waals surface area (Å²) in [4.78, 5) is 3.96. The van der Waals surface area contributed by atoms with Crippen LogP contribution in [0.15, 0.2) is 18.5 Å². The summed E-state index contributed by atoms with van der Waals surface area (Å²) in [5, 5.41) is 17.6. The lowest BCUT2D eigenvalue weighted by molar-refractivity contribution is 1.18. The molecule has 2 aromatic heterocycles. The topological polar surface area (TPSA) is 90.9 Å². The van der Waals surface area contributed by atoms with Crippen molar-refractivity contribution in [3.8, 4) is 12.1 Å². The molecule has 0 atom stereocenters. The van der Waals surface area contributed by atoms with Gasteiger partial charge in [0, 0.05) is 6.20 Å². The minimum atomic E-state index is 0.256. The summed E-state index contributed by atoms with van der Waals surface area (Å²) in [6, 6.07) is 5.42. The first-order valence-corrected chi connectivity index (χ1v) is 3.83. The Morgan fingerprint density at radius 1 is 1.36 bits per heavy atom. The Labute approximate surface area is 79.6 Å². The van der Waals surface area contributed by atoms with Crippen LogP contribution in [-0.4, -0.2) is 9.38 Å². The van der Waals surface area contributed by atoms with Gasteiger partial charge in [-0.15, -0.1) is 0 Å². The monoisotopic (exact) mass is 183 g/mol. The molecule has 0 aliphatic heterocycles. The highest BCUT2D eigenvalue weighted by molar-refractivity contribution is 5.65. The van der Waals surface area contributed by atoms with Crippen LogP contribution in [0.1, 0.15) is 11.1 Å². The Balaban J connectivity index is 2.95. The van der Waals surface area contributed by atoms with E-state index in [1.54, 1.807) is 16.7 Å². The summed E-state index contributed by atoms with van der Waals surface area (Å²) in [5.74, 6) is 0.445. The van der Waals surface area contributed by atoms with Crippen molar-refractivity contribution in [1.82, 2.24) is 9.38 Å². The number of hydrogen-bond acceptors (Lipinski definition) is 4. The zero-order valence-corrected chi connectivity index (χ0v) is 7.10. The molecule has 14 heavy (non-hydrogen) atoms. The molecule has 0 aromatic carbocycles. The van der Waals surface area contributed by atoms with Gasteiger partial charge in [0.1, 0.15) is 23.5 Å². The summed E-state index contributed by atoms with van der Waals surface area (Å²) in [5.41, 5.74) is 6.59. The molecule has 0 fully saturated rings. The Bertz CT molecular complexity index is 581. The van der Waals surface area contributed by atoms with E-state index in [4.69, 9.17) is 16.3 Å². The van der Waals surface area contributed by atoms with Gasteiger partial charge >= 0.3 is 0 Å². The number of nitrogens with two attached hydrogens (primary N) is 1. The molecule has 0 unspecified atom stereocenters. The van der Waals surface area contributed by atoms with Crippen LogP contribution in [0.2, 0.25) is 0 Å². The number of aromatic nitrogens is 2. The van der Waals surface area contributed by atoms with Gasteiger partial charge in [-0.25, -0.2) is 4.98 Å². The fraction of sp³-hybridized carbons (Fsp3) is 0. The van der Waals surface area contributed by atoms with Crippen molar-refractivity contribution in [3.63, 3.8) is 0 Å². The number of rotatable bonds is 0. The minimum Gasteiger partial charge on any atom is -0.383 e. The van der Waals surface area contributed by atoms with Crippen LogP contribution in [0.25, 0.3) is 5.65 Å². The SMILES string of the molecule is N#Cc1ccn2c(N)cnc2c1C#N. The highest BCUT2D eigenvalue weighted by Crippen LogP contribution is 2.16. The number of anilines is 1. The molecular formula is C9H5N5. The Morgan fingerprint density at radius 3 is 2.79 bits per heavy atom. The van der Waals surface area contributed by atoms with Gasteiger partial charge in [-0.1, -0.05) is 0 Å². The molecule has 0 bridgehead atoms. The first-order valence-electron chi connectivity index (χ1n) is 3.83. The fourth-order valence-electron chi connectivity index (χ4n) is 1.27. The number of pyridine rings is 1. The summed E-state index contributed by atoms with van der Waals surface area (Å²) in [7, 11) is 0. The average Bonchev–Trinajstić information content (AvgIpc) is 2.59. The number of nitrogens with zero attached hydrogens (tertiary/aromatic N) is 4. The number of fused-ring (bicyclic) bond motifs is 1. The quantitative estimate of drug-likeness (QED) is 0.649. The van der Waals surface area contributed by atoms with Crippen molar-refractivity contribution >= 4 is 11.5 Å². The van der Waals surface area contributed by atoms with Gasteiger partial charge in [0.05, 0.1) is 11.8 Å². The van der Waals surface area contributed by atoms with E-state index in [0.29, 0.717) is 17.0 Å². The van der Waals surface area contributed by atoms with Crippen LogP contribution < -0.4 is 5.73 Å². The minimum absolute atomic E-state index is 0.256. The summed E-state index contributed by atoms with van der Waals surface area (Å²) >= 11 is 0. The lowest BCUT2D eigenvalue weighted by Gasteiger charge is -1.98. The number of nitrogen functional groups attached to an aromatic ring is 1. The highest BCUT2D eigenvalue weighted by Gasteiger charge is 2.09. The van der Waals surface area contributed by atoms with Gasteiger partial charge in [-0.2, -0.15) is 10.5 Å². The van der Waals surface area contributed by atoms with E-state index in [-0.39, 0.29) is 5.56 Å². The maximum Gasteiger partial charge on any atom is 0.157 e. The second-order valence-corrected chi connectivity index (χ2v) is 2.70. The maximum absolute atomic E-state index is 8.86. The molecule has 2 aromatic rings. The van der Waals surface area contributed by atoms with Crippen LogP contribution in [-0.2, 0) is 0 Å². The Kier molecular flexibility index (Phi) is 1.59. The van der Waals surface area contributed by atoms with Gasteiger partial charge in [0.25, 0.3) is 0 Å². The van der Waals surface area contributed by atoms with E-state index < -0.39 is 0 Å². The van der Waals surface area contributed by atoms with Crippen LogP contribution in [0, 0.1) is 22.7 Å². The molecule has 2 rings (SSSR count). The fourth-order valence-corrected chi connectivity index (χ4v) is 1.27. The molecule has 0 saturated heterocycles. The van der Waals surface area contributed by atoms with E-state index >= 15 is 0 Å². The molecule has 0 saturated carbocycles. The number of hydrogen-bond donors (Lipinski definition) is 1. The zero-order chi connectivity index (χ0) is 10.1. The van der Waals surface area contributed by atoms with Gasteiger partial charge in [-0.05, 0) is 6.07 Å². The lowest BCUT2D eigenvalue weighted by Crippen LogP contribution is -1.96. The molecule has 5 heteroatoms. The predicted molar refractivity (Wildman–Crippen MR) is 49.0 cm³/mol. The second kappa shape index (κ2) is 2.75. The first-order chi connectivity index (χ1) is 6.77. The molecule has 0 amide bonds. The molecule has 2 heterocycles. The molecule has 66 valence electrons. The highest BCUT2D eigenvalue weighted by atomic mass is 15.1. The molecule has 0 aliphatic carbocycles. The standard InChI is InChI=1S/C9H5N5/c10-3-6-1-2-14-8(12)5-13-9(14)7(6)4-11/h1-2,5H,12H2. The van der Waals surface area contributed by atoms with Crippen molar-refractivity contribution in [2.24, 2.45) is 0 Å². The smallest absolute Gasteiger partial charge is 0.157 e. The third kappa shape index (κ3) is 0.900. The second-order valence-electron chi connectivity index (χ2n) is 2.70. The van der Waals surface area contributed by atoms with Gasteiger partial charge in [-0.3, -0.25) is 4.40 Å². The largest absolute Gasteiger partial charge is 0.383 e. The van der Waals surface area contributed by atoms with Gasteiger partial charge < -0.3 is 5.73 Å². The van der Waals surface area contributed by atoms with Crippen molar-refractivity contribution < 1.29 is 0 Å². The van der Waals surface area contributed by atoms with Crippen LogP contribution in [0.3, 0.4) is 0 Å². The Hall–Kier alpha value is -2.53. The average molecular weight is 183 g/mol. The number of imidazole rings is 1. The van der Waals surface area contributed by atoms with Crippen molar-refractivity contribution in [2.45, 2.75) is 0 Å². The molecule has 0 radical (unpaired) electrons. The van der Waals surface area contributed by atoms with Gasteiger partial charge in [0.15, 0.2) is 5.65 Å². The third-order valence-electron chi connectivity index (χ3n) is 1.94. The molecule has 0 aliphatic rings. The normalized spacial score (nSPS) is 9.57. The molecular weight excluding hydrogens is 178 g/mol. The maximum atomic E-state index is 8.86.